The van der Waals surface area contributed by atoms with Gasteiger partial charge in [0.15, 0.2) is 5.75 Å². The van der Waals surface area contributed by atoms with Crippen LogP contribution in [0, 0.1) is 0 Å². The molecule has 1 aromatic carbocycles. The summed E-state index contributed by atoms with van der Waals surface area (Å²) in [4.78, 5) is 11.9. The first kappa shape index (κ1) is 14.6. The Morgan fingerprint density at radius 1 is 1.42 bits per heavy atom. The third kappa shape index (κ3) is 3.61. The Labute approximate surface area is 124 Å². The summed E-state index contributed by atoms with van der Waals surface area (Å²) < 4.78 is 0.412. The summed E-state index contributed by atoms with van der Waals surface area (Å²) in [7, 11) is 0. The second-order valence-corrected chi connectivity index (χ2v) is 6.23. The van der Waals surface area contributed by atoms with Crippen molar-refractivity contribution < 1.29 is 15.0 Å². The van der Waals surface area contributed by atoms with Crippen molar-refractivity contribution in [2.45, 2.75) is 37.7 Å². The number of amides is 1. The zero-order valence-electron chi connectivity index (χ0n) is 10.2. The van der Waals surface area contributed by atoms with Crippen molar-refractivity contribution in [1.29, 1.82) is 0 Å². The van der Waals surface area contributed by atoms with Gasteiger partial charge in [-0.2, -0.15) is 0 Å². The summed E-state index contributed by atoms with van der Waals surface area (Å²) in [6.07, 6.45) is 3.21. The molecule has 3 N–H and O–H groups in total. The highest BCUT2D eigenvalue weighted by molar-refractivity contribution is 9.10. The Bertz CT molecular complexity index is 501. The van der Waals surface area contributed by atoms with E-state index in [-0.39, 0.29) is 23.8 Å². The number of hydrogen-bond donors (Lipinski definition) is 3. The minimum atomic E-state index is -0.907. The number of aromatic hydroxyl groups is 1. The van der Waals surface area contributed by atoms with E-state index in [0.717, 1.165) is 12.8 Å². The maximum atomic E-state index is 11.9. The van der Waals surface area contributed by atoms with Crippen LogP contribution >= 0.6 is 27.5 Å². The van der Waals surface area contributed by atoms with Gasteiger partial charge in [0.25, 0.3) is 0 Å². The number of anilines is 1. The number of carbonyl (C=O) groups is 1. The molecule has 0 saturated heterocycles. The average molecular weight is 349 g/mol. The van der Waals surface area contributed by atoms with E-state index in [2.05, 4.69) is 21.2 Å². The lowest BCUT2D eigenvalue weighted by Crippen LogP contribution is -2.30. The molecule has 0 unspecified atom stereocenters. The topological polar surface area (TPSA) is 69.6 Å². The summed E-state index contributed by atoms with van der Waals surface area (Å²) in [6.45, 7) is 0. The van der Waals surface area contributed by atoms with E-state index < -0.39 is 5.60 Å². The van der Waals surface area contributed by atoms with E-state index in [1.165, 1.54) is 12.1 Å². The smallest absolute Gasteiger partial charge is 0.227 e. The van der Waals surface area contributed by atoms with Gasteiger partial charge < -0.3 is 15.5 Å². The van der Waals surface area contributed by atoms with Crippen molar-refractivity contribution in [3.63, 3.8) is 0 Å². The monoisotopic (exact) mass is 347 g/mol. The van der Waals surface area contributed by atoms with E-state index in [1.807, 2.05) is 0 Å². The first-order valence-electron chi connectivity index (χ1n) is 6.10. The van der Waals surface area contributed by atoms with Gasteiger partial charge in [-0.25, -0.2) is 0 Å². The van der Waals surface area contributed by atoms with Crippen molar-refractivity contribution >= 4 is 39.1 Å². The average Bonchev–Trinajstić information content (AvgIpc) is 2.71. The Morgan fingerprint density at radius 3 is 2.68 bits per heavy atom. The Balaban J connectivity index is 2.07. The first-order chi connectivity index (χ1) is 8.89. The van der Waals surface area contributed by atoms with Crippen molar-refractivity contribution in [2.24, 2.45) is 0 Å². The van der Waals surface area contributed by atoms with Crippen LogP contribution in [0.3, 0.4) is 0 Å². The van der Waals surface area contributed by atoms with Gasteiger partial charge in [-0.05, 0) is 40.9 Å². The van der Waals surface area contributed by atoms with Crippen LogP contribution in [-0.4, -0.2) is 21.7 Å². The Kier molecular flexibility index (Phi) is 4.38. The van der Waals surface area contributed by atoms with Gasteiger partial charge in [0.1, 0.15) is 0 Å². The Hall–Kier alpha value is -0.780. The molecule has 0 radical (unpaired) electrons. The van der Waals surface area contributed by atoms with Crippen LogP contribution in [-0.2, 0) is 4.79 Å². The van der Waals surface area contributed by atoms with Gasteiger partial charge in [0.05, 0.1) is 22.2 Å². The SMILES string of the molecule is O=C(CC1(O)CCCC1)Nc1cc(Cl)cc(Br)c1O. The van der Waals surface area contributed by atoms with Gasteiger partial charge >= 0.3 is 0 Å². The fourth-order valence-corrected chi connectivity index (χ4v) is 3.17. The third-order valence-corrected chi connectivity index (χ3v) is 4.15. The number of hydrogen-bond acceptors (Lipinski definition) is 3. The number of phenols is 1. The molecule has 0 atom stereocenters. The maximum Gasteiger partial charge on any atom is 0.227 e. The summed E-state index contributed by atoms with van der Waals surface area (Å²) >= 11 is 9.01. The van der Waals surface area contributed by atoms with Crippen molar-refractivity contribution in [3.05, 3.63) is 21.6 Å². The molecule has 0 aromatic heterocycles. The summed E-state index contributed by atoms with van der Waals surface area (Å²) in [5.74, 6) is -0.398. The molecule has 4 nitrogen and oxygen atoms in total. The number of aliphatic hydroxyl groups is 1. The van der Waals surface area contributed by atoms with E-state index >= 15 is 0 Å². The number of benzene rings is 1. The number of rotatable bonds is 3. The lowest BCUT2D eigenvalue weighted by molar-refractivity contribution is -0.120. The zero-order valence-corrected chi connectivity index (χ0v) is 12.6. The van der Waals surface area contributed by atoms with E-state index in [1.54, 1.807) is 0 Å². The number of carbonyl (C=O) groups excluding carboxylic acids is 1. The summed E-state index contributed by atoms with van der Waals surface area (Å²) in [5, 5.41) is 23.0. The normalized spacial score (nSPS) is 17.4. The lowest BCUT2D eigenvalue weighted by Gasteiger charge is -2.21. The summed E-state index contributed by atoms with van der Waals surface area (Å²) in [6, 6.07) is 3.01. The molecule has 0 spiro atoms. The van der Waals surface area contributed by atoms with Gasteiger partial charge in [0.2, 0.25) is 5.91 Å². The largest absolute Gasteiger partial charge is 0.505 e. The quantitative estimate of drug-likeness (QED) is 0.733. The minimum Gasteiger partial charge on any atom is -0.505 e. The zero-order chi connectivity index (χ0) is 14.0. The molecule has 6 heteroatoms. The molecule has 0 aliphatic heterocycles. The van der Waals surface area contributed by atoms with Crippen LogP contribution in [0.15, 0.2) is 16.6 Å². The van der Waals surface area contributed by atoms with Crippen molar-refractivity contribution in [3.8, 4) is 5.75 Å². The predicted octanol–water partition coefficient (Wildman–Crippen LogP) is 3.44. The van der Waals surface area contributed by atoms with Gasteiger partial charge in [-0.15, -0.1) is 0 Å². The van der Waals surface area contributed by atoms with Crippen LogP contribution in [0.25, 0.3) is 0 Å². The third-order valence-electron chi connectivity index (χ3n) is 3.33. The molecule has 104 valence electrons. The van der Waals surface area contributed by atoms with Crippen LogP contribution in [0.5, 0.6) is 5.75 Å². The van der Waals surface area contributed by atoms with E-state index in [9.17, 15) is 15.0 Å². The first-order valence-corrected chi connectivity index (χ1v) is 7.27. The highest BCUT2D eigenvalue weighted by atomic mass is 79.9. The molecule has 1 aromatic rings. The summed E-state index contributed by atoms with van der Waals surface area (Å²) in [5.41, 5.74) is -0.666. The van der Waals surface area contributed by atoms with Crippen LogP contribution < -0.4 is 5.32 Å². The number of phenolic OH excluding ortho intramolecular Hbond substituents is 1. The van der Waals surface area contributed by atoms with Crippen LogP contribution in [0.4, 0.5) is 5.69 Å². The van der Waals surface area contributed by atoms with Crippen molar-refractivity contribution in [2.75, 3.05) is 5.32 Å². The van der Waals surface area contributed by atoms with E-state index in [0.29, 0.717) is 22.3 Å². The predicted molar refractivity (Wildman–Crippen MR) is 77.5 cm³/mol. The highest BCUT2D eigenvalue weighted by Gasteiger charge is 2.33. The number of halogens is 2. The number of nitrogens with one attached hydrogen (secondary N) is 1. The highest BCUT2D eigenvalue weighted by Crippen LogP contribution is 2.36. The molecule has 1 amide bonds. The van der Waals surface area contributed by atoms with Crippen molar-refractivity contribution in [1.82, 2.24) is 0 Å². The van der Waals surface area contributed by atoms with Gasteiger partial charge in [-0.1, -0.05) is 24.4 Å². The van der Waals surface area contributed by atoms with Gasteiger partial charge in [-0.3, -0.25) is 4.79 Å². The second-order valence-electron chi connectivity index (χ2n) is 4.94. The molecule has 1 aliphatic rings. The van der Waals surface area contributed by atoms with Crippen LogP contribution in [0.2, 0.25) is 5.02 Å². The standard InChI is InChI=1S/C13H15BrClNO3/c14-9-5-8(15)6-10(12(9)18)16-11(17)7-13(19)3-1-2-4-13/h5-6,18-19H,1-4,7H2,(H,16,17). The maximum absolute atomic E-state index is 11.9. The molecular formula is C13H15BrClNO3. The molecule has 1 fully saturated rings. The van der Waals surface area contributed by atoms with Gasteiger partial charge in [0, 0.05) is 5.02 Å². The Morgan fingerprint density at radius 2 is 2.05 bits per heavy atom. The van der Waals surface area contributed by atoms with E-state index in [4.69, 9.17) is 11.6 Å². The molecule has 0 heterocycles. The molecule has 1 saturated carbocycles. The second kappa shape index (κ2) is 5.69. The van der Waals surface area contributed by atoms with Crippen LogP contribution in [0.1, 0.15) is 32.1 Å². The molecule has 19 heavy (non-hydrogen) atoms. The molecule has 2 rings (SSSR count). The fourth-order valence-electron chi connectivity index (χ4n) is 2.36. The molecule has 0 bridgehead atoms. The lowest BCUT2D eigenvalue weighted by atomic mass is 9.97. The molecule has 1 aliphatic carbocycles. The molecular weight excluding hydrogens is 334 g/mol. The fraction of sp³-hybridized carbons (Fsp3) is 0.462. The minimum absolute atomic E-state index is 0.0383.